The zero-order chi connectivity index (χ0) is 29.6. The molecule has 4 aliphatic rings. The molecule has 6 atom stereocenters. The van der Waals surface area contributed by atoms with Crippen molar-refractivity contribution in [3.05, 3.63) is 77.9 Å². The number of likely N-dealkylation sites (tertiary alicyclic amines) is 1. The quantitative estimate of drug-likeness (QED) is 0.472. The number of halogens is 1. The average molecular weight is 608 g/mol. The predicted molar refractivity (Wildman–Crippen MR) is 165 cm³/mol. The van der Waals surface area contributed by atoms with E-state index >= 15 is 0 Å². The van der Waals surface area contributed by atoms with E-state index in [1.54, 1.807) is 39.0 Å². The van der Waals surface area contributed by atoms with Crippen LogP contribution in [0.25, 0.3) is 0 Å². The van der Waals surface area contributed by atoms with Crippen LogP contribution in [0.15, 0.2) is 72.8 Å². The number of anilines is 2. The molecule has 0 radical (unpaired) electrons. The van der Waals surface area contributed by atoms with Crippen LogP contribution in [0.2, 0.25) is 5.02 Å². The van der Waals surface area contributed by atoms with Crippen molar-refractivity contribution in [1.82, 2.24) is 4.90 Å². The Morgan fingerprint density at radius 1 is 0.952 bits per heavy atom. The van der Waals surface area contributed by atoms with Gasteiger partial charge in [-0.05, 0) is 61.9 Å². The smallest absolute Gasteiger partial charge is 0.251 e. The molecule has 8 nitrogen and oxygen atoms in total. The fraction of sp³-hybridized carbons (Fsp3) is 0.406. The average Bonchev–Trinajstić information content (AvgIpc) is 3.31. The van der Waals surface area contributed by atoms with Gasteiger partial charge in [0.1, 0.15) is 11.8 Å². The molecule has 2 aromatic rings. The van der Waals surface area contributed by atoms with E-state index in [2.05, 4.69) is 0 Å². The third kappa shape index (κ3) is 4.53. The van der Waals surface area contributed by atoms with Gasteiger partial charge in [0, 0.05) is 34.7 Å². The summed E-state index contributed by atoms with van der Waals surface area (Å²) in [6, 6.07) is 13.0. The molecule has 2 saturated heterocycles. The van der Waals surface area contributed by atoms with Gasteiger partial charge < -0.3 is 24.5 Å². The summed E-state index contributed by atoms with van der Waals surface area (Å²) in [4.78, 5) is 48.3. The number of carbonyl (C=O) groups is 3. The lowest BCUT2D eigenvalue weighted by atomic mass is 9.78. The normalized spacial score (nSPS) is 29.2. The monoisotopic (exact) mass is 607 g/mol. The Bertz CT molecular complexity index is 1430. The predicted octanol–water partition coefficient (Wildman–Crippen LogP) is 4.31. The standard InChI is InChI=1S/C32H34ClN3O5S/c1-3-21(19-37)36-28-31(40)35(22-10-8-20(33)9-11-22)18-6-16-32(28)27(30(36)39)26-25(42-32)7-5-17-34(29(26)38)23-12-14-24(15-13-23)41-4-2/h5-16,21,25-28,37H,3-4,17-19H2,1-2H3/t21-,25+,26-,27-,28?,32-/m0/s1. The molecule has 2 fully saturated rings. The van der Waals surface area contributed by atoms with Gasteiger partial charge in [-0.1, -0.05) is 42.8 Å². The highest BCUT2D eigenvalue weighted by atomic mass is 35.5. The second-order valence-corrected chi connectivity index (χ2v) is 12.9. The molecule has 1 spiro atoms. The Labute approximate surface area is 254 Å². The Morgan fingerprint density at radius 3 is 2.24 bits per heavy atom. The van der Waals surface area contributed by atoms with Gasteiger partial charge >= 0.3 is 0 Å². The number of fused-ring (bicyclic) bond motifs is 2. The SMILES string of the molecule is CCOc1ccc(N2CC=C[C@H]3S[C@]45C=CCN(c6ccc(Cl)cc6)C(=O)C4N([C@@H](CC)CO)C(=O)[C@@H]5[C@H]3C2=O)cc1. The van der Waals surface area contributed by atoms with Crippen LogP contribution in [-0.4, -0.2) is 76.1 Å². The summed E-state index contributed by atoms with van der Waals surface area (Å²) in [6.07, 6.45) is 8.40. The van der Waals surface area contributed by atoms with E-state index < -0.39 is 28.7 Å². The van der Waals surface area contributed by atoms with Gasteiger partial charge in [-0.15, -0.1) is 11.8 Å². The fourth-order valence-electron chi connectivity index (χ4n) is 6.86. The molecule has 4 aliphatic heterocycles. The molecule has 0 saturated carbocycles. The summed E-state index contributed by atoms with van der Waals surface area (Å²) < 4.78 is 4.62. The van der Waals surface area contributed by atoms with E-state index in [0.717, 1.165) is 11.4 Å². The lowest BCUT2D eigenvalue weighted by Gasteiger charge is -2.38. The van der Waals surface area contributed by atoms with Crippen LogP contribution >= 0.6 is 23.4 Å². The second-order valence-electron chi connectivity index (χ2n) is 11.0. The molecule has 4 heterocycles. The molecule has 0 aliphatic carbocycles. The van der Waals surface area contributed by atoms with Crippen molar-refractivity contribution in [2.75, 3.05) is 36.1 Å². The van der Waals surface area contributed by atoms with E-state index in [1.165, 1.54) is 11.8 Å². The minimum atomic E-state index is -0.963. The molecule has 1 N–H and O–H groups in total. The molecule has 220 valence electrons. The van der Waals surface area contributed by atoms with Crippen molar-refractivity contribution < 1.29 is 24.2 Å². The van der Waals surface area contributed by atoms with Gasteiger partial charge in [0.05, 0.1) is 35.8 Å². The summed E-state index contributed by atoms with van der Waals surface area (Å²) in [7, 11) is 0. The Kier molecular flexibility index (Phi) is 7.85. The van der Waals surface area contributed by atoms with Crippen LogP contribution in [0, 0.1) is 11.8 Å². The first-order valence-electron chi connectivity index (χ1n) is 14.4. The maximum absolute atomic E-state index is 14.5. The molecule has 6 rings (SSSR count). The summed E-state index contributed by atoms with van der Waals surface area (Å²) in [5.41, 5.74) is 1.40. The zero-order valence-corrected chi connectivity index (χ0v) is 25.1. The minimum Gasteiger partial charge on any atom is -0.494 e. The van der Waals surface area contributed by atoms with Crippen LogP contribution in [0.5, 0.6) is 5.75 Å². The Balaban J connectivity index is 1.42. The second kappa shape index (κ2) is 11.4. The van der Waals surface area contributed by atoms with E-state index in [9.17, 15) is 19.5 Å². The Hall–Kier alpha value is -3.27. The molecule has 0 aromatic heterocycles. The van der Waals surface area contributed by atoms with E-state index in [1.807, 2.05) is 62.4 Å². The molecule has 1 unspecified atom stereocenters. The van der Waals surface area contributed by atoms with Gasteiger partial charge in [0.25, 0.3) is 5.91 Å². The van der Waals surface area contributed by atoms with Crippen LogP contribution < -0.4 is 14.5 Å². The molecule has 3 amide bonds. The first kappa shape index (κ1) is 28.8. The van der Waals surface area contributed by atoms with Crippen LogP contribution in [0.3, 0.4) is 0 Å². The largest absolute Gasteiger partial charge is 0.494 e. The third-order valence-electron chi connectivity index (χ3n) is 8.77. The van der Waals surface area contributed by atoms with Crippen molar-refractivity contribution in [3.8, 4) is 5.75 Å². The third-order valence-corrected chi connectivity index (χ3v) is 10.8. The summed E-state index contributed by atoms with van der Waals surface area (Å²) >= 11 is 7.66. The van der Waals surface area contributed by atoms with E-state index in [4.69, 9.17) is 16.3 Å². The van der Waals surface area contributed by atoms with Crippen LogP contribution in [-0.2, 0) is 14.4 Å². The number of nitrogens with zero attached hydrogens (tertiary/aromatic N) is 3. The number of hydrogen-bond acceptors (Lipinski definition) is 6. The van der Waals surface area contributed by atoms with Gasteiger partial charge in [-0.2, -0.15) is 0 Å². The first-order valence-corrected chi connectivity index (χ1v) is 15.7. The van der Waals surface area contributed by atoms with Crippen molar-refractivity contribution in [1.29, 1.82) is 0 Å². The first-order chi connectivity index (χ1) is 20.3. The minimum absolute atomic E-state index is 0.144. The summed E-state index contributed by atoms with van der Waals surface area (Å²) in [6.45, 7) is 4.79. The van der Waals surface area contributed by atoms with Crippen molar-refractivity contribution >= 4 is 52.5 Å². The number of thioether (sulfide) groups is 1. The lowest BCUT2D eigenvalue weighted by molar-refractivity contribution is -0.141. The number of amides is 3. The molecular weight excluding hydrogens is 574 g/mol. The Morgan fingerprint density at radius 2 is 1.60 bits per heavy atom. The number of rotatable bonds is 7. The van der Waals surface area contributed by atoms with Crippen molar-refractivity contribution in [2.24, 2.45) is 11.8 Å². The fourth-order valence-corrected chi connectivity index (χ4v) is 8.98. The molecular formula is C32H34ClN3O5S. The maximum atomic E-state index is 14.5. The van der Waals surface area contributed by atoms with Gasteiger partial charge in [-0.25, -0.2) is 0 Å². The highest BCUT2D eigenvalue weighted by molar-refractivity contribution is 8.02. The van der Waals surface area contributed by atoms with Crippen LogP contribution in [0.4, 0.5) is 11.4 Å². The summed E-state index contributed by atoms with van der Waals surface area (Å²) in [5.74, 6) is -1.34. The summed E-state index contributed by atoms with van der Waals surface area (Å²) in [5, 5.41) is 10.6. The van der Waals surface area contributed by atoms with E-state index in [0.29, 0.717) is 36.8 Å². The van der Waals surface area contributed by atoms with E-state index in [-0.39, 0.29) is 29.6 Å². The molecule has 0 bridgehead atoms. The molecule has 42 heavy (non-hydrogen) atoms. The number of aliphatic hydroxyl groups is 1. The molecule has 10 heteroatoms. The molecule has 2 aromatic carbocycles. The zero-order valence-electron chi connectivity index (χ0n) is 23.6. The number of hydrogen-bond donors (Lipinski definition) is 1. The van der Waals surface area contributed by atoms with Gasteiger partial charge in [0.2, 0.25) is 11.8 Å². The van der Waals surface area contributed by atoms with Crippen molar-refractivity contribution in [3.63, 3.8) is 0 Å². The van der Waals surface area contributed by atoms with Crippen molar-refractivity contribution in [2.45, 2.75) is 42.3 Å². The highest BCUT2D eigenvalue weighted by Crippen LogP contribution is 2.61. The maximum Gasteiger partial charge on any atom is 0.251 e. The number of aliphatic hydroxyl groups excluding tert-OH is 1. The number of carbonyl (C=O) groups excluding carboxylic acids is 3. The van der Waals surface area contributed by atoms with Crippen LogP contribution in [0.1, 0.15) is 20.3 Å². The number of ether oxygens (including phenoxy) is 1. The topological polar surface area (TPSA) is 90.4 Å². The van der Waals surface area contributed by atoms with Gasteiger partial charge in [0.15, 0.2) is 0 Å². The highest BCUT2D eigenvalue weighted by Gasteiger charge is 2.71. The number of benzene rings is 2. The lowest BCUT2D eigenvalue weighted by Crippen LogP contribution is -2.56. The van der Waals surface area contributed by atoms with Gasteiger partial charge in [-0.3, -0.25) is 14.4 Å².